The molecule has 0 bridgehead atoms. The molecule has 0 unspecified atom stereocenters. The predicted molar refractivity (Wildman–Crippen MR) is 81.9 cm³/mol. The molecule has 0 aliphatic rings. The van der Waals surface area contributed by atoms with E-state index in [2.05, 4.69) is 37.2 Å². The van der Waals surface area contributed by atoms with Gasteiger partial charge in [0.15, 0.2) is 5.82 Å². The van der Waals surface area contributed by atoms with Gasteiger partial charge in [-0.25, -0.2) is 0 Å². The molecule has 0 aliphatic heterocycles. The Morgan fingerprint density at radius 2 is 1.95 bits per heavy atom. The summed E-state index contributed by atoms with van der Waals surface area (Å²) in [5, 5.41) is 3.92. The van der Waals surface area contributed by atoms with Gasteiger partial charge < -0.3 is 14.7 Å². The highest BCUT2D eigenvalue weighted by Gasteiger charge is 2.16. The monoisotopic (exact) mass is 282 g/mol. The summed E-state index contributed by atoms with van der Waals surface area (Å²) in [6.45, 7) is 4.18. The van der Waals surface area contributed by atoms with Gasteiger partial charge in [-0.1, -0.05) is 23.4 Å². The maximum atomic E-state index is 5.98. The summed E-state index contributed by atoms with van der Waals surface area (Å²) in [5.74, 6) is 2.16. The van der Waals surface area contributed by atoms with Crippen LogP contribution in [0.15, 0.2) is 45.5 Å². The molecule has 0 saturated heterocycles. The van der Waals surface area contributed by atoms with Crippen LogP contribution in [0.5, 0.6) is 0 Å². The van der Waals surface area contributed by atoms with E-state index in [-0.39, 0.29) is 0 Å². The van der Waals surface area contributed by atoms with Crippen LogP contribution in [0.3, 0.4) is 0 Å². The molecule has 2 N–H and O–H groups in total. The summed E-state index contributed by atoms with van der Waals surface area (Å²) in [4.78, 5) is 0. The van der Waals surface area contributed by atoms with E-state index in [1.54, 1.807) is 6.26 Å². The summed E-state index contributed by atoms with van der Waals surface area (Å²) >= 11 is 0. The Morgan fingerprint density at radius 3 is 2.67 bits per heavy atom. The number of hydrogen-bond acceptors (Lipinski definition) is 4. The Kier molecular flexibility index (Phi) is 3.52. The van der Waals surface area contributed by atoms with Crippen LogP contribution in [0.1, 0.15) is 22.6 Å². The van der Waals surface area contributed by atoms with Crippen LogP contribution in [0, 0.1) is 13.8 Å². The van der Waals surface area contributed by atoms with Crippen LogP contribution in [-0.4, -0.2) is 5.16 Å². The maximum Gasteiger partial charge on any atom is 0.175 e. The molecule has 3 rings (SSSR count). The van der Waals surface area contributed by atoms with E-state index < -0.39 is 0 Å². The molecule has 0 aliphatic carbocycles. The van der Waals surface area contributed by atoms with Gasteiger partial charge in [-0.05, 0) is 42.7 Å². The molecule has 2 aromatic heterocycles. The van der Waals surface area contributed by atoms with E-state index in [4.69, 9.17) is 14.7 Å². The molecule has 4 nitrogen and oxygen atoms in total. The molecular weight excluding hydrogens is 264 g/mol. The smallest absolute Gasteiger partial charge is 0.175 e. The number of hydrogen-bond donors (Lipinski definition) is 1. The van der Waals surface area contributed by atoms with Crippen LogP contribution in [0.25, 0.3) is 11.1 Å². The number of aryl methyl sites for hydroxylation is 4. The van der Waals surface area contributed by atoms with E-state index in [1.165, 1.54) is 11.1 Å². The third-order valence-electron chi connectivity index (χ3n) is 3.76. The van der Waals surface area contributed by atoms with Gasteiger partial charge in [-0.3, -0.25) is 0 Å². The van der Waals surface area contributed by atoms with Crippen LogP contribution in [0.4, 0.5) is 5.82 Å². The molecule has 0 radical (unpaired) electrons. The molecule has 2 heterocycles. The minimum absolute atomic E-state index is 0.438. The first-order valence-corrected chi connectivity index (χ1v) is 6.99. The third-order valence-corrected chi connectivity index (χ3v) is 3.76. The molecule has 4 heteroatoms. The van der Waals surface area contributed by atoms with Gasteiger partial charge in [-0.2, -0.15) is 0 Å². The van der Waals surface area contributed by atoms with Gasteiger partial charge in [0.25, 0.3) is 0 Å². The average molecular weight is 282 g/mol. The van der Waals surface area contributed by atoms with E-state index in [9.17, 15) is 0 Å². The zero-order chi connectivity index (χ0) is 14.8. The first kappa shape index (κ1) is 13.5. The van der Waals surface area contributed by atoms with Gasteiger partial charge in [0, 0.05) is 12.8 Å². The zero-order valence-corrected chi connectivity index (χ0v) is 12.2. The highest BCUT2D eigenvalue weighted by molar-refractivity contribution is 5.76. The lowest BCUT2D eigenvalue weighted by Gasteiger charge is -2.05. The standard InChI is InChI=1S/C17H18N2O2/c1-11-5-6-13(10-12(11)2)16-15(21-19-17(16)18)8-7-14-4-3-9-20-14/h3-6,9-10H,7-8H2,1-2H3,(H2,18,19). The van der Waals surface area contributed by atoms with E-state index in [1.807, 2.05) is 12.1 Å². The number of nitrogens with two attached hydrogens (primary N) is 1. The molecule has 108 valence electrons. The van der Waals surface area contributed by atoms with Crippen molar-refractivity contribution in [3.63, 3.8) is 0 Å². The van der Waals surface area contributed by atoms with Crippen molar-refractivity contribution in [3.8, 4) is 11.1 Å². The number of aromatic nitrogens is 1. The van der Waals surface area contributed by atoms with Crippen LogP contribution in [0.2, 0.25) is 0 Å². The Morgan fingerprint density at radius 1 is 1.10 bits per heavy atom. The number of furan rings is 1. The second-order valence-electron chi connectivity index (χ2n) is 5.24. The van der Waals surface area contributed by atoms with Gasteiger partial charge in [0.1, 0.15) is 11.5 Å². The van der Waals surface area contributed by atoms with E-state index in [0.29, 0.717) is 12.2 Å². The van der Waals surface area contributed by atoms with Crippen molar-refractivity contribution in [1.29, 1.82) is 0 Å². The molecule has 3 aromatic rings. The zero-order valence-electron chi connectivity index (χ0n) is 12.2. The van der Waals surface area contributed by atoms with Crippen LogP contribution in [-0.2, 0) is 12.8 Å². The molecule has 0 amide bonds. The van der Waals surface area contributed by atoms with E-state index >= 15 is 0 Å². The fourth-order valence-corrected chi connectivity index (χ4v) is 2.41. The Hall–Kier alpha value is -2.49. The van der Waals surface area contributed by atoms with Crippen LogP contribution < -0.4 is 5.73 Å². The number of anilines is 1. The highest BCUT2D eigenvalue weighted by Crippen LogP contribution is 2.31. The number of nitrogens with zero attached hydrogens (tertiary/aromatic N) is 1. The maximum absolute atomic E-state index is 5.98. The van der Waals surface area contributed by atoms with Crippen molar-refractivity contribution in [2.75, 3.05) is 5.73 Å². The quantitative estimate of drug-likeness (QED) is 0.787. The van der Waals surface area contributed by atoms with Crippen LogP contribution >= 0.6 is 0 Å². The second kappa shape index (κ2) is 5.48. The molecule has 0 saturated carbocycles. The lowest BCUT2D eigenvalue weighted by atomic mass is 9.99. The van der Waals surface area contributed by atoms with Crippen molar-refractivity contribution in [2.24, 2.45) is 0 Å². The molecule has 0 spiro atoms. The molecular formula is C17H18N2O2. The fourth-order valence-electron chi connectivity index (χ4n) is 2.41. The van der Waals surface area contributed by atoms with Gasteiger partial charge in [-0.15, -0.1) is 0 Å². The summed E-state index contributed by atoms with van der Waals surface area (Å²) in [5.41, 5.74) is 10.4. The topological polar surface area (TPSA) is 65.2 Å². The Bertz CT molecular complexity index is 742. The third kappa shape index (κ3) is 2.70. The van der Waals surface area contributed by atoms with Crippen molar-refractivity contribution in [3.05, 3.63) is 59.2 Å². The summed E-state index contributed by atoms with van der Waals surface area (Å²) < 4.78 is 10.8. The summed E-state index contributed by atoms with van der Waals surface area (Å²) in [7, 11) is 0. The minimum atomic E-state index is 0.438. The lowest BCUT2D eigenvalue weighted by Crippen LogP contribution is -1.94. The molecule has 0 fully saturated rings. The summed E-state index contributed by atoms with van der Waals surface area (Å²) in [6.07, 6.45) is 3.15. The van der Waals surface area contributed by atoms with E-state index in [0.717, 1.165) is 29.1 Å². The fraction of sp³-hybridized carbons (Fsp3) is 0.235. The Labute approximate surface area is 123 Å². The Balaban J connectivity index is 1.91. The van der Waals surface area contributed by atoms with Crippen molar-refractivity contribution >= 4 is 5.82 Å². The number of rotatable bonds is 4. The van der Waals surface area contributed by atoms with Gasteiger partial charge in [0.05, 0.1) is 11.8 Å². The molecule has 1 aromatic carbocycles. The van der Waals surface area contributed by atoms with Gasteiger partial charge in [0.2, 0.25) is 0 Å². The first-order valence-electron chi connectivity index (χ1n) is 6.99. The van der Waals surface area contributed by atoms with Gasteiger partial charge >= 0.3 is 0 Å². The number of nitrogen functional groups attached to an aromatic ring is 1. The second-order valence-corrected chi connectivity index (χ2v) is 5.24. The minimum Gasteiger partial charge on any atom is -0.469 e. The predicted octanol–water partition coefficient (Wildman–Crippen LogP) is 3.92. The SMILES string of the molecule is Cc1ccc(-c2c(N)noc2CCc2ccco2)cc1C. The summed E-state index contributed by atoms with van der Waals surface area (Å²) in [6, 6.07) is 10.1. The average Bonchev–Trinajstić information content (AvgIpc) is 3.09. The number of benzene rings is 1. The first-order chi connectivity index (χ1) is 10.1. The highest BCUT2D eigenvalue weighted by atomic mass is 16.5. The normalized spacial score (nSPS) is 11.0. The lowest BCUT2D eigenvalue weighted by molar-refractivity contribution is 0.382. The largest absolute Gasteiger partial charge is 0.469 e. The molecule has 0 atom stereocenters. The van der Waals surface area contributed by atoms with Crippen molar-refractivity contribution < 1.29 is 8.94 Å². The van der Waals surface area contributed by atoms with Crippen molar-refractivity contribution in [1.82, 2.24) is 5.16 Å². The molecule has 21 heavy (non-hydrogen) atoms. The van der Waals surface area contributed by atoms with Crippen molar-refractivity contribution in [2.45, 2.75) is 26.7 Å².